The molecule has 0 radical (unpaired) electrons. The van der Waals surface area contributed by atoms with Crippen molar-refractivity contribution in [2.45, 2.75) is 32.1 Å². The zero-order valence-corrected chi connectivity index (χ0v) is 10.6. The van der Waals surface area contributed by atoms with Crippen LogP contribution in [0.25, 0.3) is 0 Å². The highest BCUT2D eigenvalue weighted by molar-refractivity contribution is 5.98. The number of likely N-dealkylation sites (tertiary alicyclic amines) is 1. The van der Waals surface area contributed by atoms with Crippen LogP contribution in [0.2, 0.25) is 0 Å². The molecule has 1 aromatic carbocycles. The van der Waals surface area contributed by atoms with Crippen molar-refractivity contribution in [1.29, 1.82) is 0 Å². The molecule has 0 bridgehead atoms. The van der Waals surface area contributed by atoms with Gasteiger partial charge in [0.05, 0.1) is 0 Å². The van der Waals surface area contributed by atoms with Gasteiger partial charge in [0.15, 0.2) is 0 Å². The summed E-state index contributed by atoms with van der Waals surface area (Å²) in [6, 6.07) is 7.45. The molecule has 2 rings (SSSR count). The molecule has 0 aliphatic carbocycles. The van der Waals surface area contributed by atoms with Gasteiger partial charge in [-0.15, -0.1) is 0 Å². The van der Waals surface area contributed by atoms with Gasteiger partial charge in [-0.05, 0) is 18.1 Å². The van der Waals surface area contributed by atoms with Crippen LogP contribution in [0.15, 0.2) is 24.3 Å². The Hall–Kier alpha value is -1.84. The molecular formula is C14H18N2O2. The van der Waals surface area contributed by atoms with Crippen LogP contribution >= 0.6 is 0 Å². The molecule has 1 saturated heterocycles. The van der Waals surface area contributed by atoms with Crippen molar-refractivity contribution < 1.29 is 9.59 Å². The minimum Gasteiger partial charge on any atom is -0.398 e. The van der Waals surface area contributed by atoms with Crippen molar-refractivity contribution in [3.8, 4) is 0 Å². The molecule has 0 atom stereocenters. The highest BCUT2D eigenvalue weighted by Gasteiger charge is 2.33. The maximum Gasteiger partial charge on any atom is 0.229 e. The standard InChI is InChI=1S/C14H18N2O2/c1-2-7-16-13(17)8-10(9-14(16)18)11-5-3-4-6-12(11)15/h3-6,10H,2,7-9,15H2,1H3. The van der Waals surface area contributed by atoms with E-state index in [1.165, 1.54) is 4.90 Å². The molecule has 0 aromatic heterocycles. The van der Waals surface area contributed by atoms with Crippen molar-refractivity contribution in [2.24, 2.45) is 0 Å². The molecular weight excluding hydrogens is 228 g/mol. The molecule has 1 aliphatic heterocycles. The molecule has 18 heavy (non-hydrogen) atoms. The number of imide groups is 1. The Labute approximate surface area is 107 Å². The number of carbonyl (C=O) groups excluding carboxylic acids is 2. The van der Waals surface area contributed by atoms with E-state index in [1.54, 1.807) is 0 Å². The zero-order valence-electron chi connectivity index (χ0n) is 10.6. The number of nitrogens with two attached hydrogens (primary N) is 1. The Morgan fingerprint density at radius 3 is 2.39 bits per heavy atom. The van der Waals surface area contributed by atoms with Gasteiger partial charge in [0.1, 0.15) is 0 Å². The smallest absolute Gasteiger partial charge is 0.229 e. The molecule has 1 heterocycles. The summed E-state index contributed by atoms with van der Waals surface area (Å²) >= 11 is 0. The number of benzene rings is 1. The van der Waals surface area contributed by atoms with Gasteiger partial charge in [-0.2, -0.15) is 0 Å². The van der Waals surface area contributed by atoms with Crippen molar-refractivity contribution in [3.05, 3.63) is 29.8 Å². The fourth-order valence-corrected chi connectivity index (χ4v) is 2.43. The van der Waals surface area contributed by atoms with E-state index in [4.69, 9.17) is 5.73 Å². The lowest BCUT2D eigenvalue weighted by molar-refractivity contribution is -0.148. The number of piperidine rings is 1. The predicted octanol–water partition coefficient (Wildman–Crippen LogP) is 1.91. The van der Waals surface area contributed by atoms with E-state index in [0.29, 0.717) is 25.1 Å². The van der Waals surface area contributed by atoms with E-state index in [0.717, 1.165) is 12.0 Å². The summed E-state index contributed by atoms with van der Waals surface area (Å²) in [6.45, 7) is 2.48. The average Bonchev–Trinajstić information content (AvgIpc) is 2.34. The van der Waals surface area contributed by atoms with Gasteiger partial charge >= 0.3 is 0 Å². The second-order valence-corrected chi connectivity index (χ2v) is 4.67. The van der Waals surface area contributed by atoms with Crippen LogP contribution in [0.3, 0.4) is 0 Å². The Bertz CT molecular complexity index is 453. The van der Waals surface area contributed by atoms with Crippen LogP contribution in [-0.4, -0.2) is 23.3 Å². The summed E-state index contributed by atoms with van der Waals surface area (Å²) in [5.74, 6) is -0.234. The molecule has 2 amide bonds. The molecule has 1 aliphatic rings. The highest BCUT2D eigenvalue weighted by Crippen LogP contribution is 2.32. The minimum absolute atomic E-state index is 0.0701. The average molecular weight is 246 g/mol. The summed E-state index contributed by atoms with van der Waals surface area (Å²) in [4.78, 5) is 25.3. The first-order valence-corrected chi connectivity index (χ1v) is 6.31. The van der Waals surface area contributed by atoms with E-state index >= 15 is 0 Å². The Kier molecular flexibility index (Phi) is 3.65. The second-order valence-electron chi connectivity index (χ2n) is 4.67. The third kappa shape index (κ3) is 2.37. The highest BCUT2D eigenvalue weighted by atomic mass is 16.2. The van der Waals surface area contributed by atoms with Crippen LogP contribution in [0.4, 0.5) is 5.69 Å². The quantitative estimate of drug-likeness (QED) is 0.654. The van der Waals surface area contributed by atoms with E-state index in [2.05, 4.69) is 0 Å². The van der Waals surface area contributed by atoms with Crippen molar-refractivity contribution in [1.82, 2.24) is 4.90 Å². The third-order valence-electron chi connectivity index (χ3n) is 3.33. The molecule has 0 saturated carbocycles. The van der Waals surface area contributed by atoms with Gasteiger partial charge in [0.2, 0.25) is 11.8 Å². The molecule has 4 heteroatoms. The summed E-state index contributed by atoms with van der Waals surface area (Å²) in [5.41, 5.74) is 7.47. The number of anilines is 1. The Balaban J connectivity index is 2.18. The number of carbonyl (C=O) groups is 2. The maximum atomic E-state index is 12.0. The lowest BCUT2D eigenvalue weighted by Gasteiger charge is -2.30. The molecule has 4 nitrogen and oxygen atoms in total. The van der Waals surface area contributed by atoms with Gasteiger partial charge in [-0.1, -0.05) is 25.1 Å². The fraction of sp³-hybridized carbons (Fsp3) is 0.429. The number of rotatable bonds is 3. The fourth-order valence-electron chi connectivity index (χ4n) is 2.43. The molecule has 2 N–H and O–H groups in total. The SMILES string of the molecule is CCCN1C(=O)CC(c2ccccc2N)CC1=O. The topological polar surface area (TPSA) is 63.4 Å². The first kappa shape index (κ1) is 12.6. The summed E-state index contributed by atoms with van der Waals surface area (Å²) in [7, 11) is 0. The van der Waals surface area contributed by atoms with Gasteiger partial charge < -0.3 is 5.73 Å². The number of para-hydroxylation sites is 1. The summed E-state index contributed by atoms with van der Waals surface area (Å²) in [5, 5.41) is 0. The van der Waals surface area contributed by atoms with Crippen molar-refractivity contribution in [2.75, 3.05) is 12.3 Å². The zero-order chi connectivity index (χ0) is 13.1. The largest absolute Gasteiger partial charge is 0.398 e. The van der Waals surface area contributed by atoms with Crippen LogP contribution in [0.1, 0.15) is 37.7 Å². The first-order valence-electron chi connectivity index (χ1n) is 6.31. The monoisotopic (exact) mass is 246 g/mol. The van der Waals surface area contributed by atoms with Crippen molar-refractivity contribution >= 4 is 17.5 Å². The Morgan fingerprint density at radius 1 is 1.22 bits per heavy atom. The summed E-state index contributed by atoms with van der Waals surface area (Å²) < 4.78 is 0. The van der Waals surface area contributed by atoms with E-state index in [9.17, 15) is 9.59 Å². The number of amides is 2. The van der Waals surface area contributed by atoms with Crippen LogP contribution < -0.4 is 5.73 Å². The molecule has 0 spiro atoms. The number of nitrogen functional groups attached to an aromatic ring is 1. The first-order chi connectivity index (χ1) is 8.63. The maximum absolute atomic E-state index is 12.0. The minimum atomic E-state index is -0.0821. The van der Waals surface area contributed by atoms with Gasteiger partial charge in [0, 0.05) is 31.0 Å². The number of hydrogen-bond acceptors (Lipinski definition) is 3. The van der Waals surface area contributed by atoms with E-state index < -0.39 is 0 Å². The number of hydrogen-bond donors (Lipinski definition) is 1. The Morgan fingerprint density at radius 2 is 1.83 bits per heavy atom. The molecule has 1 aromatic rings. The van der Waals surface area contributed by atoms with Gasteiger partial charge in [0.25, 0.3) is 0 Å². The molecule has 1 fully saturated rings. The van der Waals surface area contributed by atoms with Gasteiger partial charge in [-0.3, -0.25) is 14.5 Å². The predicted molar refractivity (Wildman–Crippen MR) is 69.8 cm³/mol. The van der Waals surface area contributed by atoms with Crippen LogP contribution in [0.5, 0.6) is 0 Å². The van der Waals surface area contributed by atoms with Crippen LogP contribution in [0, 0.1) is 0 Å². The third-order valence-corrected chi connectivity index (χ3v) is 3.33. The molecule has 0 unspecified atom stereocenters. The molecule has 96 valence electrons. The van der Waals surface area contributed by atoms with Crippen molar-refractivity contribution in [3.63, 3.8) is 0 Å². The lowest BCUT2D eigenvalue weighted by atomic mass is 9.87. The lowest BCUT2D eigenvalue weighted by Crippen LogP contribution is -2.43. The number of nitrogens with zero attached hydrogens (tertiary/aromatic N) is 1. The van der Waals surface area contributed by atoms with E-state index in [-0.39, 0.29) is 17.7 Å². The summed E-state index contributed by atoms with van der Waals surface area (Å²) in [6.07, 6.45) is 1.55. The second kappa shape index (κ2) is 5.21. The van der Waals surface area contributed by atoms with Crippen LogP contribution in [-0.2, 0) is 9.59 Å². The van der Waals surface area contributed by atoms with Gasteiger partial charge in [-0.25, -0.2) is 0 Å². The van der Waals surface area contributed by atoms with E-state index in [1.807, 2.05) is 31.2 Å². The normalized spacial score (nSPS) is 17.3.